The van der Waals surface area contributed by atoms with E-state index in [1.165, 1.54) is 0 Å². The van der Waals surface area contributed by atoms with E-state index >= 15 is 0 Å². The summed E-state index contributed by atoms with van der Waals surface area (Å²) in [5.74, 6) is 0.922. The molecule has 0 aromatic heterocycles. The molecule has 0 aliphatic carbocycles. The summed E-state index contributed by atoms with van der Waals surface area (Å²) < 4.78 is 5.40. The lowest BCUT2D eigenvalue weighted by atomic mass is 9.94. The number of amides is 1. The van der Waals surface area contributed by atoms with Gasteiger partial charge in [-0.15, -0.1) is 0 Å². The summed E-state index contributed by atoms with van der Waals surface area (Å²) in [7, 11) is 1.65. The third kappa shape index (κ3) is 4.99. The zero-order chi connectivity index (χ0) is 20.1. The molecule has 6 heteroatoms. The number of para-hydroxylation sites is 1. The molecule has 0 radical (unpaired) electrons. The quantitative estimate of drug-likeness (QED) is 0.707. The van der Waals surface area contributed by atoms with Gasteiger partial charge in [0.25, 0.3) is 0 Å². The third-order valence-electron chi connectivity index (χ3n) is 5.37. The van der Waals surface area contributed by atoms with Crippen LogP contribution < -0.4 is 10.1 Å². The molecule has 28 heavy (non-hydrogen) atoms. The van der Waals surface area contributed by atoms with Crippen LogP contribution in [0.1, 0.15) is 36.9 Å². The number of piperidine rings is 1. The fourth-order valence-electron chi connectivity index (χ4n) is 3.69. The van der Waals surface area contributed by atoms with E-state index in [9.17, 15) is 4.79 Å². The van der Waals surface area contributed by atoms with Crippen LogP contribution >= 0.6 is 23.2 Å². The molecule has 1 aliphatic rings. The standard InChI is InChI=1S/C22H26Cl2N2O2/c1-15(17-6-3-4-9-21(17)28-2)25-22(27)16-10-12-26(13-11-16)14-18-19(23)7-5-8-20(18)24/h3-9,15-16H,10-14H2,1-2H3,(H,25,27)/t15-/m1/s1. The van der Waals surface area contributed by atoms with Gasteiger partial charge in [0, 0.05) is 33.6 Å². The molecule has 0 spiro atoms. The van der Waals surface area contributed by atoms with Crippen LogP contribution in [0.2, 0.25) is 10.0 Å². The molecule has 1 aliphatic heterocycles. The van der Waals surface area contributed by atoms with Crippen molar-refractivity contribution in [2.24, 2.45) is 5.92 Å². The summed E-state index contributed by atoms with van der Waals surface area (Å²) in [6.45, 7) is 4.40. The maximum absolute atomic E-state index is 12.7. The Kier molecular flexibility index (Phi) is 7.22. The number of carbonyl (C=O) groups excluding carboxylic acids is 1. The van der Waals surface area contributed by atoms with Gasteiger partial charge in [0.05, 0.1) is 13.2 Å². The smallest absolute Gasteiger partial charge is 0.223 e. The number of methoxy groups -OCH3 is 1. The van der Waals surface area contributed by atoms with Crippen LogP contribution in [0.3, 0.4) is 0 Å². The Balaban J connectivity index is 1.54. The van der Waals surface area contributed by atoms with E-state index in [1.54, 1.807) is 7.11 Å². The van der Waals surface area contributed by atoms with Gasteiger partial charge < -0.3 is 10.1 Å². The van der Waals surface area contributed by atoms with Crippen molar-refractivity contribution in [3.05, 3.63) is 63.6 Å². The number of hydrogen-bond acceptors (Lipinski definition) is 3. The Labute approximate surface area is 176 Å². The molecule has 1 saturated heterocycles. The maximum atomic E-state index is 12.7. The van der Waals surface area contributed by atoms with E-state index < -0.39 is 0 Å². The van der Waals surface area contributed by atoms with Crippen LogP contribution in [0.4, 0.5) is 0 Å². The number of nitrogens with zero attached hydrogens (tertiary/aromatic N) is 1. The third-order valence-corrected chi connectivity index (χ3v) is 6.07. The van der Waals surface area contributed by atoms with Gasteiger partial charge in [0.15, 0.2) is 0 Å². The summed E-state index contributed by atoms with van der Waals surface area (Å²) >= 11 is 12.6. The second-order valence-electron chi connectivity index (χ2n) is 7.22. The van der Waals surface area contributed by atoms with Gasteiger partial charge in [-0.2, -0.15) is 0 Å². The fourth-order valence-corrected chi connectivity index (χ4v) is 4.21. The van der Waals surface area contributed by atoms with Gasteiger partial charge in [0.1, 0.15) is 5.75 Å². The zero-order valence-electron chi connectivity index (χ0n) is 16.3. The molecular weight excluding hydrogens is 395 g/mol. The minimum absolute atomic E-state index is 0.0233. The van der Waals surface area contributed by atoms with E-state index in [0.29, 0.717) is 16.6 Å². The number of carbonyl (C=O) groups is 1. The van der Waals surface area contributed by atoms with Crippen molar-refractivity contribution < 1.29 is 9.53 Å². The number of likely N-dealkylation sites (tertiary alicyclic amines) is 1. The van der Waals surface area contributed by atoms with Gasteiger partial charge >= 0.3 is 0 Å². The van der Waals surface area contributed by atoms with Crippen molar-refractivity contribution in [1.82, 2.24) is 10.2 Å². The molecule has 0 saturated carbocycles. The molecule has 0 unspecified atom stereocenters. The van der Waals surface area contributed by atoms with Crippen molar-refractivity contribution in [3.8, 4) is 5.75 Å². The summed E-state index contributed by atoms with van der Waals surface area (Å²) in [4.78, 5) is 15.0. The second kappa shape index (κ2) is 9.64. The van der Waals surface area contributed by atoms with Crippen LogP contribution in [0.5, 0.6) is 5.75 Å². The van der Waals surface area contributed by atoms with Crippen LogP contribution in [0, 0.1) is 5.92 Å². The maximum Gasteiger partial charge on any atom is 0.223 e. The predicted molar refractivity (Wildman–Crippen MR) is 114 cm³/mol. The average Bonchev–Trinajstić information content (AvgIpc) is 2.71. The highest BCUT2D eigenvalue weighted by atomic mass is 35.5. The number of benzene rings is 2. The highest BCUT2D eigenvalue weighted by Gasteiger charge is 2.27. The van der Waals surface area contributed by atoms with E-state index in [1.807, 2.05) is 49.4 Å². The van der Waals surface area contributed by atoms with Gasteiger partial charge in [-0.25, -0.2) is 0 Å². The first-order valence-corrected chi connectivity index (χ1v) is 10.3. The predicted octanol–water partition coefficient (Wildman–Crippen LogP) is 5.09. The fraction of sp³-hybridized carbons (Fsp3) is 0.409. The first kappa shape index (κ1) is 21.0. The van der Waals surface area contributed by atoms with Crippen LogP contribution in [0.15, 0.2) is 42.5 Å². The normalized spacial score (nSPS) is 16.6. The van der Waals surface area contributed by atoms with E-state index in [4.69, 9.17) is 27.9 Å². The number of hydrogen-bond donors (Lipinski definition) is 1. The highest BCUT2D eigenvalue weighted by Crippen LogP contribution is 2.29. The molecule has 1 N–H and O–H groups in total. The molecule has 0 bridgehead atoms. The first-order chi connectivity index (χ1) is 13.5. The second-order valence-corrected chi connectivity index (χ2v) is 8.04. The molecule has 2 aromatic rings. The summed E-state index contributed by atoms with van der Waals surface area (Å²) in [5, 5.41) is 4.53. The molecule has 4 nitrogen and oxygen atoms in total. The molecule has 1 amide bonds. The lowest BCUT2D eigenvalue weighted by molar-refractivity contribution is -0.127. The Morgan fingerprint density at radius 1 is 1.14 bits per heavy atom. The molecule has 1 fully saturated rings. The van der Waals surface area contributed by atoms with Gasteiger partial charge in [-0.3, -0.25) is 9.69 Å². The van der Waals surface area contributed by atoms with Crippen LogP contribution in [-0.4, -0.2) is 31.0 Å². The summed E-state index contributed by atoms with van der Waals surface area (Å²) in [6, 6.07) is 13.3. The van der Waals surface area contributed by atoms with Gasteiger partial charge in [-0.05, 0) is 51.1 Å². The number of rotatable bonds is 6. The van der Waals surface area contributed by atoms with Crippen molar-refractivity contribution in [3.63, 3.8) is 0 Å². The lowest BCUT2D eigenvalue weighted by Gasteiger charge is -2.32. The van der Waals surface area contributed by atoms with Crippen LogP contribution in [-0.2, 0) is 11.3 Å². The number of ether oxygens (including phenoxy) is 1. The average molecular weight is 421 g/mol. The first-order valence-electron chi connectivity index (χ1n) is 9.58. The SMILES string of the molecule is COc1ccccc1[C@@H](C)NC(=O)C1CCN(Cc2c(Cl)cccc2Cl)CC1. The molecule has 1 heterocycles. The topological polar surface area (TPSA) is 41.6 Å². The van der Waals surface area contributed by atoms with Crippen molar-refractivity contribution >= 4 is 29.1 Å². The van der Waals surface area contributed by atoms with E-state index in [-0.39, 0.29) is 17.9 Å². The van der Waals surface area contributed by atoms with Crippen molar-refractivity contribution in [2.45, 2.75) is 32.4 Å². The van der Waals surface area contributed by atoms with E-state index in [2.05, 4.69) is 10.2 Å². The van der Waals surface area contributed by atoms with E-state index in [0.717, 1.165) is 42.8 Å². The molecule has 2 aromatic carbocycles. The Hall–Kier alpha value is -1.75. The number of nitrogens with one attached hydrogen (secondary N) is 1. The highest BCUT2D eigenvalue weighted by molar-refractivity contribution is 6.35. The molecule has 3 rings (SSSR count). The molecular formula is C22H26Cl2N2O2. The van der Waals surface area contributed by atoms with Crippen LogP contribution in [0.25, 0.3) is 0 Å². The van der Waals surface area contributed by atoms with Gasteiger partial charge in [-0.1, -0.05) is 47.5 Å². The largest absolute Gasteiger partial charge is 0.496 e. The minimum Gasteiger partial charge on any atom is -0.496 e. The molecule has 150 valence electrons. The minimum atomic E-state index is -0.0939. The summed E-state index contributed by atoms with van der Waals surface area (Å²) in [6.07, 6.45) is 1.65. The van der Waals surface area contributed by atoms with Crippen molar-refractivity contribution in [2.75, 3.05) is 20.2 Å². The molecule has 1 atom stereocenters. The zero-order valence-corrected chi connectivity index (χ0v) is 17.8. The Morgan fingerprint density at radius 2 is 1.79 bits per heavy atom. The van der Waals surface area contributed by atoms with Gasteiger partial charge in [0.2, 0.25) is 5.91 Å². The monoisotopic (exact) mass is 420 g/mol. The summed E-state index contributed by atoms with van der Waals surface area (Å²) in [5.41, 5.74) is 1.95. The Morgan fingerprint density at radius 3 is 2.43 bits per heavy atom. The Bertz CT molecular complexity index is 800. The lowest BCUT2D eigenvalue weighted by Crippen LogP contribution is -2.41. The van der Waals surface area contributed by atoms with Crippen molar-refractivity contribution in [1.29, 1.82) is 0 Å². The number of halogens is 2.